The van der Waals surface area contributed by atoms with E-state index in [2.05, 4.69) is 6.92 Å². The van der Waals surface area contributed by atoms with Crippen molar-refractivity contribution in [1.29, 1.82) is 0 Å². The van der Waals surface area contributed by atoms with E-state index in [1.807, 2.05) is 0 Å². The lowest BCUT2D eigenvalue weighted by molar-refractivity contribution is -0.138. The van der Waals surface area contributed by atoms with Gasteiger partial charge in [0.05, 0.1) is 5.56 Å². The molecule has 0 unspecified atom stereocenters. The minimum absolute atomic E-state index is 0.355. The van der Waals surface area contributed by atoms with E-state index in [-0.39, 0.29) is 0 Å². The maximum absolute atomic E-state index is 13.1. The van der Waals surface area contributed by atoms with Gasteiger partial charge in [0, 0.05) is 0 Å². The molecule has 0 fully saturated rings. The molecule has 0 aliphatic carbocycles. The molecule has 0 saturated heterocycles. The van der Waals surface area contributed by atoms with E-state index in [0.29, 0.717) is 12.0 Å². The SMILES string of the molecule is [CH2]CCCc1ccc(C(C)(C)C)c(C(F)(F)F)c1. The summed E-state index contributed by atoms with van der Waals surface area (Å²) in [6.45, 7) is 9.10. The molecule has 0 spiro atoms. The van der Waals surface area contributed by atoms with E-state index in [9.17, 15) is 13.2 Å². The second-order valence-corrected chi connectivity index (χ2v) is 5.58. The Bertz CT molecular complexity index is 397. The van der Waals surface area contributed by atoms with Crippen molar-refractivity contribution < 1.29 is 13.2 Å². The molecule has 0 bridgehead atoms. The Labute approximate surface area is 107 Å². The monoisotopic (exact) mass is 257 g/mol. The molecular formula is C15H20F3. The molecule has 101 valence electrons. The molecule has 0 amide bonds. The highest BCUT2D eigenvalue weighted by Gasteiger charge is 2.36. The molecule has 0 saturated carbocycles. The summed E-state index contributed by atoms with van der Waals surface area (Å²) < 4.78 is 39.2. The van der Waals surface area contributed by atoms with Gasteiger partial charge in [-0.1, -0.05) is 46.2 Å². The van der Waals surface area contributed by atoms with Gasteiger partial charge in [-0.3, -0.25) is 0 Å². The number of hydrogen-bond donors (Lipinski definition) is 0. The van der Waals surface area contributed by atoms with E-state index in [1.165, 1.54) is 6.07 Å². The van der Waals surface area contributed by atoms with Crippen LogP contribution in [0.3, 0.4) is 0 Å². The van der Waals surface area contributed by atoms with Crippen molar-refractivity contribution >= 4 is 0 Å². The quantitative estimate of drug-likeness (QED) is 0.701. The predicted octanol–water partition coefficient (Wildman–Crippen LogP) is 5.16. The first kappa shape index (κ1) is 15.1. The van der Waals surface area contributed by atoms with Crippen LogP contribution < -0.4 is 0 Å². The third-order valence-corrected chi connectivity index (χ3v) is 2.91. The molecule has 0 atom stereocenters. The summed E-state index contributed by atoms with van der Waals surface area (Å²) in [7, 11) is 0. The number of halogens is 3. The molecule has 0 nitrogen and oxygen atoms in total. The van der Waals surface area contributed by atoms with Gasteiger partial charge in [0.2, 0.25) is 0 Å². The second-order valence-electron chi connectivity index (χ2n) is 5.58. The molecular weight excluding hydrogens is 237 g/mol. The van der Waals surface area contributed by atoms with Gasteiger partial charge < -0.3 is 0 Å². The highest BCUT2D eigenvalue weighted by atomic mass is 19.4. The van der Waals surface area contributed by atoms with Crippen LogP contribution in [0.4, 0.5) is 13.2 Å². The van der Waals surface area contributed by atoms with E-state index >= 15 is 0 Å². The summed E-state index contributed by atoms with van der Waals surface area (Å²) in [6, 6.07) is 4.70. The topological polar surface area (TPSA) is 0 Å². The third-order valence-electron chi connectivity index (χ3n) is 2.91. The summed E-state index contributed by atoms with van der Waals surface area (Å²) in [4.78, 5) is 0. The molecule has 0 heterocycles. The highest BCUT2D eigenvalue weighted by molar-refractivity contribution is 5.38. The summed E-state index contributed by atoms with van der Waals surface area (Å²) >= 11 is 0. The standard InChI is InChI=1S/C15H20F3/c1-5-6-7-11-8-9-12(14(2,3)4)13(10-11)15(16,17)18/h8-10H,1,5-7H2,2-4H3. The average Bonchev–Trinajstić information content (AvgIpc) is 2.23. The first-order valence-electron chi connectivity index (χ1n) is 6.16. The zero-order chi connectivity index (χ0) is 14.0. The lowest BCUT2D eigenvalue weighted by atomic mass is 9.82. The van der Waals surface area contributed by atoms with Crippen LogP contribution in [0.5, 0.6) is 0 Å². The normalized spacial score (nSPS) is 12.8. The Morgan fingerprint density at radius 3 is 2.11 bits per heavy atom. The lowest BCUT2D eigenvalue weighted by Gasteiger charge is -2.24. The number of alkyl halides is 3. The van der Waals surface area contributed by atoms with Crippen molar-refractivity contribution in [3.8, 4) is 0 Å². The van der Waals surface area contributed by atoms with Crippen molar-refractivity contribution in [3.63, 3.8) is 0 Å². The fourth-order valence-corrected chi connectivity index (χ4v) is 1.96. The lowest BCUT2D eigenvalue weighted by Crippen LogP contribution is -2.19. The number of unbranched alkanes of at least 4 members (excludes halogenated alkanes) is 1. The number of rotatable bonds is 3. The Kier molecular flexibility index (Phi) is 4.46. The van der Waals surface area contributed by atoms with E-state index in [0.717, 1.165) is 18.4 Å². The van der Waals surface area contributed by atoms with Gasteiger partial charge in [-0.25, -0.2) is 0 Å². The molecule has 1 aromatic carbocycles. The maximum Gasteiger partial charge on any atom is 0.416 e. The van der Waals surface area contributed by atoms with Gasteiger partial charge in [0.1, 0.15) is 0 Å². The Morgan fingerprint density at radius 1 is 1.06 bits per heavy atom. The van der Waals surface area contributed by atoms with E-state index in [4.69, 9.17) is 0 Å². The molecule has 1 aromatic rings. The van der Waals surface area contributed by atoms with Crippen LogP contribution in [0.15, 0.2) is 18.2 Å². The molecule has 0 aliphatic rings. The van der Waals surface area contributed by atoms with Gasteiger partial charge in [-0.15, -0.1) is 0 Å². The van der Waals surface area contributed by atoms with Crippen LogP contribution in [0, 0.1) is 6.92 Å². The first-order valence-corrected chi connectivity index (χ1v) is 6.16. The molecule has 0 aliphatic heterocycles. The van der Waals surface area contributed by atoms with Crippen LogP contribution in [-0.2, 0) is 18.0 Å². The van der Waals surface area contributed by atoms with Crippen molar-refractivity contribution in [1.82, 2.24) is 0 Å². The predicted molar refractivity (Wildman–Crippen MR) is 68.4 cm³/mol. The fourth-order valence-electron chi connectivity index (χ4n) is 1.96. The van der Waals surface area contributed by atoms with Crippen molar-refractivity contribution in [2.24, 2.45) is 0 Å². The van der Waals surface area contributed by atoms with Gasteiger partial charge in [0.25, 0.3) is 0 Å². The third kappa shape index (κ3) is 3.76. The minimum atomic E-state index is -4.29. The molecule has 18 heavy (non-hydrogen) atoms. The van der Waals surface area contributed by atoms with Crippen LogP contribution in [-0.4, -0.2) is 0 Å². The fraction of sp³-hybridized carbons (Fsp3) is 0.533. The smallest absolute Gasteiger partial charge is 0.166 e. The summed E-state index contributed by atoms with van der Waals surface area (Å²) in [5.41, 5.74) is 0.0827. The zero-order valence-electron chi connectivity index (χ0n) is 11.2. The largest absolute Gasteiger partial charge is 0.416 e. The van der Waals surface area contributed by atoms with Crippen molar-refractivity contribution in [3.05, 3.63) is 41.8 Å². The molecule has 1 radical (unpaired) electrons. The first-order chi connectivity index (χ1) is 8.16. The molecule has 0 N–H and O–H groups in total. The van der Waals surface area contributed by atoms with Crippen LogP contribution >= 0.6 is 0 Å². The Morgan fingerprint density at radius 2 is 1.67 bits per heavy atom. The summed E-state index contributed by atoms with van der Waals surface area (Å²) in [5, 5.41) is 0. The van der Waals surface area contributed by atoms with Crippen molar-refractivity contribution in [2.45, 2.75) is 51.6 Å². The molecule has 1 rings (SSSR count). The zero-order valence-corrected chi connectivity index (χ0v) is 11.2. The highest BCUT2D eigenvalue weighted by Crippen LogP contribution is 2.38. The summed E-state index contributed by atoms with van der Waals surface area (Å²) in [5.74, 6) is 0. The van der Waals surface area contributed by atoms with Gasteiger partial charge >= 0.3 is 6.18 Å². The van der Waals surface area contributed by atoms with Crippen LogP contribution in [0.2, 0.25) is 0 Å². The number of hydrogen-bond acceptors (Lipinski definition) is 0. The number of benzene rings is 1. The summed E-state index contributed by atoms with van der Waals surface area (Å²) in [6.07, 6.45) is -2.09. The Balaban J connectivity index is 3.22. The van der Waals surface area contributed by atoms with Gasteiger partial charge in [-0.2, -0.15) is 13.2 Å². The maximum atomic E-state index is 13.1. The molecule has 3 heteroatoms. The Hall–Kier alpha value is -0.990. The number of aryl methyl sites for hydroxylation is 1. The second kappa shape index (κ2) is 5.33. The van der Waals surface area contributed by atoms with Crippen LogP contribution in [0.25, 0.3) is 0 Å². The van der Waals surface area contributed by atoms with Crippen LogP contribution in [0.1, 0.15) is 50.3 Å². The van der Waals surface area contributed by atoms with Gasteiger partial charge in [0.15, 0.2) is 0 Å². The average molecular weight is 257 g/mol. The molecule has 0 aromatic heterocycles. The van der Waals surface area contributed by atoms with E-state index < -0.39 is 17.2 Å². The van der Waals surface area contributed by atoms with Crippen molar-refractivity contribution in [2.75, 3.05) is 0 Å². The van der Waals surface area contributed by atoms with E-state index in [1.54, 1.807) is 32.9 Å². The minimum Gasteiger partial charge on any atom is -0.166 e. The van der Waals surface area contributed by atoms with Gasteiger partial charge in [-0.05, 0) is 35.4 Å².